The third-order valence-corrected chi connectivity index (χ3v) is 5.42. The molecule has 0 saturated heterocycles. The molecule has 0 bridgehead atoms. The molecule has 1 amide bonds. The molecule has 4 rings (SSSR count). The number of nitrogens with zero attached hydrogens (tertiary/aromatic N) is 4. The molecular formula is C20H21N5O2S. The number of para-hydroxylation sites is 1. The van der Waals surface area contributed by atoms with Crippen molar-refractivity contribution in [2.24, 2.45) is 0 Å². The van der Waals surface area contributed by atoms with Crippen molar-refractivity contribution in [3.05, 3.63) is 48.2 Å². The van der Waals surface area contributed by atoms with E-state index in [1.165, 1.54) is 11.8 Å². The van der Waals surface area contributed by atoms with Gasteiger partial charge in [0.1, 0.15) is 5.69 Å². The molecule has 3 heterocycles. The van der Waals surface area contributed by atoms with Gasteiger partial charge in [-0.25, -0.2) is 4.98 Å². The zero-order valence-corrected chi connectivity index (χ0v) is 16.4. The Labute approximate surface area is 167 Å². The number of carbonyl (C=O) groups excluding carboxylic acids is 1. The lowest BCUT2D eigenvalue weighted by atomic mass is 10.1. The van der Waals surface area contributed by atoms with Crippen molar-refractivity contribution in [3.63, 3.8) is 0 Å². The Morgan fingerprint density at radius 3 is 2.93 bits per heavy atom. The van der Waals surface area contributed by atoms with E-state index in [1.54, 1.807) is 6.20 Å². The SMILES string of the molecule is CCn1c(SCC(=O)Nc2ccccc2)nnc1-c1nccc2c1OCCC2. The Morgan fingerprint density at radius 2 is 2.11 bits per heavy atom. The normalized spacial score (nSPS) is 12.9. The predicted molar refractivity (Wildman–Crippen MR) is 109 cm³/mol. The maximum absolute atomic E-state index is 12.2. The van der Waals surface area contributed by atoms with Gasteiger partial charge in [0.15, 0.2) is 16.7 Å². The number of nitrogens with one attached hydrogen (secondary N) is 1. The fourth-order valence-electron chi connectivity index (χ4n) is 3.15. The minimum absolute atomic E-state index is 0.0815. The summed E-state index contributed by atoms with van der Waals surface area (Å²) in [7, 11) is 0. The second-order valence-corrected chi connectivity index (χ2v) is 7.30. The van der Waals surface area contributed by atoms with Gasteiger partial charge >= 0.3 is 0 Å². The highest BCUT2D eigenvalue weighted by molar-refractivity contribution is 7.99. The van der Waals surface area contributed by atoms with Gasteiger partial charge in [-0.3, -0.25) is 4.79 Å². The first kappa shape index (κ1) is 18.5. The summed E-state index contributed by atoms with van der Waals surface area (Å²) in [6.07, 6.45) is 3.78. The average molecular weight is 395 g/mol. The lowest BCUT2D eigenvalue weighted by Gasteiger charge is -2.19. The van der Waals surface area contributed by atoms with Crippen LogP contribution in [0.1, 0.15) is 18.9 Å². The predicted octanol–water partition coefficient (Wildman–Crippen LogP) is 3.42. The number of rotatable bonds is 6. The van der Waals surface area contributed by atoms with Crippen molar-refractivity contribution in [3.8, 4) is 17.3 Å². The molecule has 1 aromatic carbocycles. The summed E-state index contributed by atoms with van der Waals surface area (Å²) < 4.78 is 7.84. The molecule has 1 N–H and O–H groups in total. The molecule has 0 radical (unpaired) electrons. The minimum atomic E-state index is -0.0815. The summed E-state index contributed by atoms with van der Waals surface area (Å²) >= 11 is 1.36. The number of anilines is 1. The Morgan fingerprint density at radius 1 is 1.25 bits per heavy atom. The number of fused-ring (bicyclic) bond motifs is 1. The summed E-state index contributed by atoms with van der Waals surface area (Å²) in [5.74, 6) is 1.65. The fraction of sp³-hybridized carbons (Fsp3) is 0.300. The van der Waals surface area contributed by atoms with Crippen LogP contribution in [-0.4, -0.2) is 38.0 Å². The van der Waals surface area contributed by atoms with Crippen molar-refractivity contribution in [2.75, 3.05) is 17.7 Å². The van der Waals surface area contributed by atoms with Gasteiger partial charge in [0.2, 0.25) is 5.91 Å². The monoisotopic (exact) mass is 395 g/mol. The molecule has 0 fully saturated rings. The number of aryl methyl sites for hydroxylation is 1. The van der Waals surface area contributed by atoms with Crippen molar-refractivity contribution >= 4 is 23.4 Å². The number of benzene rings is 1. The summed E-state index contributed by atoms with van der Waals surface area (Å²) in [5.41, 5.74) is 2.65. The van der Waals surface area contributed by atoms with Crippen LogP contribution in [-0.2, 0) is 17.8 Å². The van der Waals surface area contributed by atoms with Gasteiger partial charge in [0, 0.05) is 18.4 Å². The zero-order valence-electron chi connectivity index (χ0n) is 15.6. The Balaban J connectivity index is 1.51. The molecule has 2 aromatic heterocycles. The molecule has 3 aromatic rings. The first-order valence-corrected chi connectivity index (χ1v) is 10.3. The molecule has 0 atom stereocenters. The molecule has 28 heavy (non-hydrogen) atoms. The average Bonchev–Trinajstić information content (AvgIpc) is 3.15. The number of hydrogen-bond acceptors (Lipinski definition) is 6. The molecule has 144 valence electrons. The van der Waals surface area contributed by atoms with Crippen LogP contribution in [0.25, 0.3) is 11.5 Å². The van der Waals surface area contributed by atoms with Crippen LogP contribution in [0.15, 0.2) is 47.8 Å². The number of ether oxygens (including phenoxy) is 1. The van der Waals surface area contributed by atoms with Crippen LogP contribution in [0.2, 0.25) is 0 Å². The maximum Gasteiger partial charge on any atom is 0.234 e. The molecule has 0 aliphatic carbocycles. The van der Waals surface area contributed by atoms with E-state index in [2.05, 4.69) is 20.5 Å². The Bertz CT molecular complexity index is 974. The van der Waals surface area contributed by atoms with E-state index in [9.17, 15) is 4.79 Å². The number of amides is 1. The zero-order chi connectivity index (χ0) is 19.3. The van der Waals surface area contributed by atoms with Crippen molar-refractivity contribution in [1.82, 2.24) is 19.7 Å². The van der Waals surface area contributed by atoms with Crippen LogP contribution in [0.4, 0.5) is 5.69 Å². The summed E-state index contributed by atoms with van der Waals surface area (Å²) in [6, 6.07) is 11.4. The topological polar surface area (TPSA) is 81.9 Å². The summed E-state index contributed by atoms with van der Waals surface area (Å²) in [6.45, 7) is 3.39. The Kier molecular flexibility index (Phi) is 5.57. The third-order valence-electron chi connectivity index (χ3n) is 4.46. The van der Waals surface area contributed by atoms with Gasteiger partial charge < -0.3 is 14.6 Å². The van der Waals surface area contributed by atoms with Crippen LogP contribution in [0.5, 0.6) is 5.75 Å². The largest absolute Gasteiger partial charge is 0.491 e. The van der Waals surface area contributed by atoms with Gasteiger partial charge in [0.25, 0.3) is 0 Å². The molecular weight excluding hydrogens is 374 g/mol. The molecule has 0 saturated carbocycles. The van der Waals surface area contributed by atoms with Crippen molar-refractivity contribution < 1.29 is 9.53 Å². The number of pyridine rings is 1. The van der Waals surface area contributed by atoms with E-state index in [0.717, 1.165) is 29.8 Å². The smallest absolute Gasteiger partial charge is 0.234 e. The molecule has 1 aliphatic heterocycles. The fourth-order valence-corrected chi connectivity index (χ4v) is 3.95. The molecule has 0 unspecified atom stereocenters. The van der Waals surface area contributed by atoms with Gasteiger partial charge in [-0.05, 0) is 43.5 Å². The lowest BCUT2D eigenvalue weighted by Crippen LogP contribution is -2.14. The van der Waals surface area contributed by atoms with E-state index >= 15 is 0 Å². The van der Waals surface area contributed by atoms with Crippen LogP contribution in [0.3, 0.4) is 0 Å². The van der Waals surface area contributed by atoms with Crippen molar-refractivity contribution in [1.29, 1.82) is 0 Å². The van der Waals surface area contributed by atoms with E-state index < -0.39 is 0 Å². The first-order chi connectivity index (χ1) is 13.8. The first-order valence-electron chi connectivity index (χ1n) is 9.28. The minimum Gasteiger partial charge on any atom is -0.491 e. The number of thioether (sulfide) groups is 1. The molecule has 7 nitrogen and oxygen atoms in total. The van der Waals surface area contributed by atoms with Crippen LogP contribution < -0.4 is 10.1 Å². The molecule has 8 heteroatoms. The summed E-state index contributed by atoms with van der Waals surface area (Å²) in [5, 5.41) is 12.2. The Hall–Kier alpha value is -2.87. The highest BCUT2D eigenvalue weighted by atomic mass is 32.2. The van der Waals surface area contributed by atoms with Gasteiger partial charge in [0.05, 0.1) is 12.4 Å². The standard InChI is InChI=1S/C20H21N5O2S/c1-2-25-19(17-18-14(10-11-21-17)7-6-12-27-18)23-24-20(25)28-13-16(26)22-15-8-4-3-5-9-15/h3-5,8-11H,2,6-7,12-13H2,1H3,(H,22,26). The third kappa shape index (κ3) is 3.87. The van der Waals surface area contributed by atoms with E-state index in [-0.39, 0.29) is 11.7 Å². The second-order valence-electron chi connectivity index (χ2n) is 6.35. The quantitative estimate of drug-likeness (QED) is 0.644. The summed E-state index contributed by atoms with van der Waals surface area (Å²) in [4.78, 5) is 16.7. The highest BCUT2D eigenvalue weighted by Crippen LogP contribution is 2.34. The van der Waals surface area contributed by atoms with Gasteiger partial charge in [-0.2, -0.15) is 0 Å². The maximum atomic E-state index is 12.2. The van der Waals surface area contributed by atoms with Crippen LogP contribution >= 0.6 is 11.8 Å². The van der Waals surface area contributed by atoms with Gasteiger partial charge in [-0.1, -0.05) is 30.0 Å². The number of carbonyl (C=O) groups is 1. The van der Waals surface area contributed by atoms with Crippen molar-refractivity contribution in [2.45, 2.75) is 31.5 Å². The lowest BCUT2D eigenvalue weighted by molar-refractivity contribution is -0.113. The van der Waals surface area contributed by atoms with Gasteiger partial charge in [-0.15, -0.1) is 10.2 Å². The van der Waals surface area contributed by atoms with E-state index in [4.69, 9.17) is 4.74 Å². The van der Waals surface area contributed by atoms with E-state index in [1.807, 2.05) is 47.9 Å². The van der Waals surface area contributed by atoms with E-state index in [0.29, 0.717) is 29.8 Å². The number of hydrogen-bond donors (Lipinski definition) is 1. The second kappa shape index (κ2) is 8.43. The highest BCUT2D eigenvalue weighted by Gasteiger charge is 2.22. The molecule has 1 aliphatic rings. The number of aromatic nitrogens is 4. The molecule has 0 spiro atoms. The van der Waals surface area contributed by atoms with Crippen LogP contribution in [0, 0.1) is 0 Å².